The fraction of sp³-hybridized carbons (Fsp3) is 0.632. The van der Waals surface area contributed by atoms with Crippen LogP contribution in [0.2, 0.25) is 0 Å². The molecule has 3 rings (SSSR count). The van der Waals surface area contributed by atoms with Crippen LogP contribution in [0.4, 0.5) is 10.1 Å². The minimum atomic E-state index is -3.35. The van der Waals surface area contributed by atoms with E-state index < -0.39 is 15.3 Å². The van der Waals surface area contributed by atoms with Crippen molar-refractivity contribution in [2.45, 2.75) is 57.1 Å². The summed E-state index contributed by atoms with van der Waals surface area (Å²) in [7, 11) is -3.35. The fourth-order valence-corrected chi connectivity index (χ4v) is 4.37. The molecule has 0 aliphatic carbocycles. The Kier molecular flexibility index (Phi) is 6.77. The van der Waals surface area contributed by atoms with Gasteiger partial charge in [0.2, 0.25) is 15.9 Å². The van der Waals surface area contributed by atoms with E-state index in [0.717, 1.165) is 12.0 Å². The molecule has 2 heterocycles. The Hall–Kier alpha value is -1.75. The number of rotatable bonds is 7. The van der Waals surface area contributed by atoms with Gasteiger partial charge in [0.25, 0.3) is 0 Å². The molecule has 2 aliphatic heterocycles. The number of carbonyl (C=O) groups is 1. The maximum atomic E-state index is 14.7. The first-order chi connectivity index (χ1) is 13.7. The van der Waals surface area contributed by atoms with Gasteiger partial charge in [-0.2, -0.15) is 5.48 Å². The maximum Gasteiger partial charge on any atom is 0.217 e. The van der Waals surface area contributed by atoms with Crippen molar-refractivity contribution in [3.8, 4) is 0 Å². The molecule has 2 aliphatic rings. The molecule has 1 aromatic rings. The molecule has 0 radical (unpaired) electrons. The summed E-state index contributed by atoms with van der Waals surface area (Å²) in [6, 6.07) is 4.91. The van der Waals surface area contributed by atoms with Crippen LogP contribution in [0.15, 0.2) is 18.2 Å². The van der Waals surface area contributed by atoms with E-state index in [-0.39, 0.29) is 36.5 Å². The second kappa shape index (κ2) is 8.95. The third-order valence-electron chi connectivity index (χ3n) is 5.32. The van der Waals surface area contributed by atoms with Crippen LogP contribution in [0.5, 0.6) is 0 Å². The SMILES string of the molecule is CC(=O)N[C@H]1CCN(c2ccc(C3C[C@@H](CNS(=O)(=O)C(C)C)ON3)cc2F)C1. The first kappa shape index (κ1) is 21.9. The van der Waals surface area contributed by atoms with Gasteiger partial charge in [-0.3, -0.25) is 9.63 Å². The molecule has 1 amide bonds. The van der Waals surface area contributed by atoms with Gasteiger partial charge in [-0.1, -0.05) is 6.07 Å². The molecule has 2 fully saturated rings. The number of sulfonamides is 1. The number of hydrogen-bond acceptors (Lipinski definition) is 6. The van der Waals surface area contributed by atoms with Gasteiger partial charge in [-0.15, -0.1) is 0 Å². The van der Waals surface area contributed by atoms with Gasteiger partial charge in [0.15, 0.2) is 0 Å². The van der Waals surface area contributed by atoms with Crippen molar-refractivity contribution in [3.05, 3.63) is 29.6 Å². The number of amides is 1. The van der Waals surface area contributed by atoms with Crippen molar-refractivity contribution in [2.75, 3.05) is 24.5 Å². The largest absolute Gasteiger partial charge is 0.367 e. The minimum Gasteiger partial charge on any atom is -0.367 e. The molecule has 3 atom stereocenters. The Bertz CT molecular complexity index is 849. The second-order valence-electron chi connectivity index (χ2n) is 7.93. The lowest BCUT2D eigenvalue weighted by atomic mass is 10.0. The molecular formula is C19H29FN4O4S. The van der Waals surface area contributed by atoms with Gasteiger partial charge in [0.05, 0.1) is 23.1 Å². The van der Waals surface area contributed by atoms with Crippen LogP contribution in [0.25, 0.3) is 0 Å². The van der Waals surface area contributed by atoms with Crippen LogP contribution in [-0.4, -0.2) is 51.4 Å². The average Bonchev–Trinajstić information content (AvgIpc) is 3.29. The maximum absolute atomic E-state index is 14.7. The Labute approximate surface area is 171 Å². The number of benzene rings is 1. The molecule has 0 saturated carbocycles. The van der Waals surface area contributed by atoms with Gasteiger partial charge >= 0.3 is 0 Å². The molecule has 3 N–H and O–H groups in total. The zero-order valence-electron chi connectivity index (χ0n) is 16.9. The van der Waals surface area contributed by atoms with E-state index in [1.165, 1.54) is 13.0 Å². The summed E-state index contributed by atoms with van der Waals surface area (Å²) < 4.78 is 41.0. The van der Waals surface area contributed by atoms with Gasteiger partial charge < -0.3 is 10.2 Å². The monoisotopic (exact) mass is 428 g/mol. The van der Waals surface area contributed by atoms with Gasteiger partial charge in [0, 0.05) is 32.6 Å². The standard InChI is InChI=1S/C19H29FN4O4S/c1-12(2)29(26,27)21-10-16-9-18(23-28-16)14-4-5-19(17(20)8-14)24-7-6-15(11-24)22-13(3)25/h4-5,8,12,15-16,18,21,23H,6-7,9-11H2,1-3H3,(H,22,25)/t15-,16-,18?/m0/s1. The van der Waals surface area contributed by atoms with E-state index in [1.807, 2.05) is 11.0 Å². The predicted molar refractivity (Wildman–Crippen MR) is 108 cm³/mol. The van der Waals surface area contributed by atoms with E-state index in [9.17, 15) is 17.6 Å². The van der Waals surface area contributed by atoms with Crippen LogP contribution in [0.3, 0.4) is 0 Å². The number of anilines is 1. The third-order valence-corrected chi connectivity index (χ3v) is 7.13. The molecule has 162 valence electrons. The summed E-state index contributed by atoms with van der Waals surface area (Å²) in [5, 5.41) is 2.36. The lowest BCUT2D eigenvalue weighted by Crippen LogP contribution is -2.36. The first-order valence-corrected chi connectivity index (χ1v) is 11.4. The summed E-state index contributed by atoms with van der Waals surface area (Å²) >= 11 is 0. The highest BCUT2D eigenvalue weighted by atomic mass is 32.2. The molecular weight excluding hydrogens is 399 g/mol. The number of hydrogen-bond donors (Lipinski definition) is 3. The third kappa shape index (κ3) is 5.44. The molecule has 0 spiro atoms. The van der Waals surface area contributed by atoms with Crippen molar-refractivity contribution in [3.63, 3.8) is 0 Å². The molecule has 0 aromatic heterocycles. The molecule has 2 saturated heterocycles. The van der Waals surface area contributed by atoms with Crippen LogP contribution >= 0.6 is 0 Å². The van der Waals surface area contributed by atoms with Crippen LogP contribution in [-0.2, 0) is 19.7 Å². The van der Waals surface area contributed by atoms with E-state index >= 15 is 0 Å². The van der Waals surface area contributed by atoms with Gasteiger partial charge in [-0.25, -0.2) is 17.5 Å². The Morgan fingerprint density at radius 1 is 1.41 bits per heavy atom. The van der Waals surface area contributed by atoms with E-state index in [1.54, 1.807) is 19.9 Å². The van der Waals surface area contributed by atoms with Crippen molar-refractivity contribution in [2.24, 2.45) is 0 Å². The zero-order valence-corrected chi connectivity index (χ0v) is 17.8. The molecule has 1 unspecified atom stereocenters. The molecule has 10 heteroatoms. The number of carbonyl (C=O) groups excluding carboxylic acids is 1. The highest BCUT2D eigenvalue weighted by molar-refractivity contribution is 7.90. The number of hydroxylamine groups is 1. The Morgan fingerprint density at radius 2 is 2.17 bits per heavy atom. The van der Waals surface area contributed by atoms with Crippen molar-refractivity contribution in [1.82, 2.24) is 15.5 Å². The number of nitrogens with zero attached hydrogens (tertiary/aromatic N) is 1. The quantitative estimate of drug-likeness (QED) is 0.604. The molecule has 8 nitrogen and oxygen atoms in total. The average molecular weight is 429 g/mol. The highest BCUT2D eigenvalue weighted by Gasteiger charge is 2.30. The minimum absolute atomic E-state index is 0.0341. The molecule has 1 aromatic carbocycles. The zero-order chi connectivity index (χ0) is 21.2. The number of nitrogens with one attached hydrogen (secondary N) is 3. The Morgan fingerprint density at radius 3 is 2.83 bits per heavy atom. The topological polar surface area (TPSA) is 99.8 Å². The van der Waals surface area contributed by atoms with Crippen LogP contribution in [0.1, 0.15) is 45.2 Å². The molecule has 0 bridgehead atoms. The van der Waals surface area contributed by atoms with Crippen molar-refractivity contribution in [1.29, 1.82) is 0 Å². The summed E-state index contributed by atoms with van der Waals surface area (Å²) in [5.41, 5.74) is 4.13. The van der Waals surface area contributed by atoms with E-state index in [2.05, 4.69) is 15.5 Å². The van der Waals surface area contributed by atoms with Crippen molar-refractivity contribution < 1.29 is 22.4 Å². The fourth-order valence-electron chi connectivity index (χ4n) is 3.62. The summed E-state index contributed by atoms with van der Waals surface area (Å²) in [6.45, 7) is 6.14. The number of halogens is 1. The lowest BCUT2D eigenvalue weighted by molar-refractivity contribution is -0.119. The van der Waals surface area contributed by atoms with Crippen LogP contribution in [0, 0.1) is 5.82 Å². The summed E-state index contributed by atoms with van der Waals surface area (Å²) in [5.74, 6) is -0.401. The Balaban J connectivity index is 1.58. The second-order valence-corrected chi connectivity index (χ2v) is 10.3. The van der Waals surface area contributed by atoms with Crippen molar-refractivity contribution >= 4 is 21.6 Å². The van der Waals surface area contributed by atoms with Gasteiger partial charge in [0.1, 0.15) is 5.82 Å². The first-order valence-electron chi connectivity index (χ1n) is 9.87. The smallest absolute Gasteiger partial charge is 0.217 e. The van der Waals surface area contributed by atoms with Gasteiger partial charge in [-0.05, 0) is 44.4 Å². The highest BCUT2D eigenvalue weighted by Crippen LogP contribution is 2.30. The van der Waals surface area contributed by atoms with E-state index in [4.69, 9.17) is 4.84 Å². The summed E-state index contributed by atoms with van der Waals surface area (Å²) in [6.07, 6.45) is 0.994. The van der Waals surface area contributed by atoms with Crippen LogP contribution < -0.4 is 20.4 Å². The lowest BCUT2D eigenvalue weighted by Gasteiger charge is -2.21. The predicted octanol–water partition coefficient (Wildman–Crippen LogP) is 1.20. The van der Waals surface area contributed by atoms with E-state index in [0.29, 0.717) is 25.2 Å². The summed E-state index contributed by atoms with van der Waals surface area (Å²) in [4.78, 5) is 18.6. The molecule has 29 heavy (non-hydrogen) atoms. The normalized spacial score (nSPS) is 25.0.